The van der Waals surface area contributed by atoms with Crippen molar-refractivity contribution >= 4 is 5.78 Å². The van der Waals surface area contributed by atoms with E-state index >= 15 is 0 Å². The molecule has 1 unspecified atom stereocenters. The minimum absolute atomic E-state index is 0.0750. The Morgan fingerprint density at radius 2 is 1.78 bits per heavy atom. The number of rotatable bonds is 3. The first-order chi connectivity index (χ1) is 8.44. The van der Waals surface area contributed by atoms with E-state index in [0.717, 1.165) is 25.9 Å². The molecule has 2 saturated carbocycles. The van der Waals surface area contributed by atoms with Crippen LogP contribution in [0, 0.1) is 10.8 Å². The first-order valence-electron chi connectivity index (χ1n) is 7.59. The summed E-state index contributed by atoms with van der Waals surface area (Å²) in [5.74, 6) is 0.477. The van der Waals surface area contributed by atoms with Crippen LogP contribution >= 0.6 is 0 Å². The van der Waals surface area contributed by atoms with E-state index in [1.165, 1.54) is 25.7 Å². The summed E-state index contributed by atoms with van der Waals surface area (Å²) in [5, 5.41) is 0. The van der Waals surface area contributed by atoms with E-state index < -0.39 is 0 Å². The summed E-state index contributed by atoms with van der Waals surface area (Å²) in [6.07, 6.45) is 9.14. The molecule has 2 nitrogen and oxygen atoms in total. The van der Waals surface area contributed by atoms with E-state index in [1.54, 1.807) is 0 Å². The molecular weight excluding hydrogens is 224 g/mol. The van der Waals surface area contributed by atoms with E-state index in [4.69, 9.17) is 4.74 Å². The number of hydrogen-bond acceptors (Lipinski definition) is 2. The van der Waals surface area contributed by atoms with Crippen molar-refractivity contribution in [1.82, 2.24) is 0 Å². The third-order valence-electron chi connectivity index (χ3n) is 4.71. The van der Waals surface area contributed by atoms with Gasteiger partial charge in [0.15, 0.2) is 0 Å². The molecule has 2 aliphatic rings. The van der Waals surface area contributed by atoms with Crippen LogP contribution in [0.25, 0.3) is 0 Å². The van der Waals surface area contributed by atoms with Gasteiger partial charge in [0.2, 0.25) is 0 Å². The molecular formula is C16H28O2. The van der Waals surface area contributed by atoms with Crippen molar-refractivity contribution in [2.75, 3.05) is 6.61 Å². The van der Waals surface area contributed by atoms with Crippen molar-refractivity contribution in [3.63, 3.8) is 0 Å². The van der Waals surface area contributed by atoms with Crippen molar-refractivity contribution in [2.24, 2.45) is 10.8 Å². The topological polar surface area (TPSA) is 26.3 Å². The molecule has 0 radical (unpaired) electrons. The molecule has 2 heteroatoms. The lowest BCUT2D eigenvalue weighted by molar-refractivity contribution is -0.166. The van der Waals surface area contributed by atoms with Gasteiger partial charge < -0.3 is 4.74 Å². The quantitative estimate of drug-likeness (QED) is 0.755. The number of carbonyl (C=O) groups excluding carboxylic acids is 1. The van der Waals surface area contributed by atoms with Gasteiger partial charge in [0.05, 0.1) is 11.5 Å². The molecule has 0 aromatic carbocycles. The highest BCUT2D eigenvalue weighted by molar-refractivity contribution is 5.92. The molecule has 2 rings (SSSR count). The van der Waals surface area contributed by atoms with Crippen molar-refractivity contribution in [2.45, 2.75) is 78.2 Å². The van der Waals surface area contributed by atoms with Gasteiger partial charge in [0.1, 0.15) is 5.78 Å². The lowest BCUT2D eigenvalue weighted by atomic mass is 9.60. The molecule has 1 atom stereocenters. The molecule has 0 saturated heterocycles. The molecule has 0 amide bonds. The predicted molar refractivity (Wildman–Crippen MR) is 73.6 cm³/mol. The van der Waals surface area contributed by atoms with Crippen molar-refractivity contribution in [3.8, 4) is 0 Å². The summed E-state index contributed by atoms with van der Waals surface area (Å²) in [6, 6.07) is 0. The Balaban J connectivity index is 1.87. The van der Waals surface area contributed by atoms with Gasteiger partial charge in [-0.3, -0.25) is 4.79 Å². The minimum Gasteiger partial charge on any atom is -0.377 e. The molecule has 0 N–H and O–H groups in total. The average Bonchev–Trinajstić information content (AvgIpc) is 2.54. The number of carbonyl (C=O) groups is 1. The summed E-state index contributed by atoms with van der Waals surface area (Å²) in [7, 11) is 0. The molecule has 0 aliphatic heterocycles. The lowest BCUT2D eigenvalue weighted by Gasteiger charge is -2.47. The monoisotopic (exact) mass is 252 g/mol. The standard InChI is InChI=1S/C16H28O2/c1-15(2,3)10-11-18-14-12-13(17)16(14)8-6-4-5-7-9-16/h14H,4-12H2,1-3H3. The highest BCUT2D eigenvalue weighted by Crippen LogP contribution is 2.49. The van der Waals surface area contributed by atoms with E-state index in [2.05, 4.69) is 20.8 Å². The van der Waals surface area contributed by atoms with Crippen molar-refractivity contribution in [3.05, 3.63) is 0 Å². The highest BCUT2D eigenvalue weighted by atomic mass is 16.5. The Bertz CT molecular complexity index is 293. The Kier molecular flexibility index (Phi) is 4.15. The summed E-state index contributed by atoms with van der Waals surface area (Å²) >= 11 is 0. The Morgan fingerprint density at radius 1 is 1.17 bits per heavy atom. The van der Waals surface area contributed by atoms with Crippen LogP contribution in [-0.2, 0) is 9.53 Å². The maximum absolute atomic E-state index is 12.1. The molecule has 0 heterocycles. The number of hydrogen-bond donors (Lipinski definition) is 0. The van der Waals surface area contributed by atoms with Crippen LogP contribution in [0.5, 0.6) is 0 Å². The van der Waals surface area contributed by atoms with Gasteiger partial charge in [0.25, 0.3) is 0 Å². The summed E-state index contributed by atoms with van der Waals surface area (Å²) in [4.78, 5) is 12.1. The fourth-order valence-electron chi connectivity index (χ4n) is 3.30. The number of ether oxygens (including phenoxy) is 1. The normalized spacial score (nSPS) is 27.9. The lowest BCUT2D eigenvalue weighted by Crippen LogP contribution is -2.55. The zero-order chi connectivity index (χ0) is 13.2. The molecule has 0 bridgehead atoms. The molecule has 2 fully saturated rings. The van der Waals surface area contributed by atoms with Crippen molar-refractivity contribution < 1.29 is 9.53 Å². The van der Waals surface area contributed by atoms with Gasteiger partial charge in [-0.15, -0.1) is 0 Å². The van der Waals surface area contributed by atoms with Crippen LogP contribution in [0.4, 0.5) is 0 Å². The van der Waals surface area contributed by atoms with Crippen molar-refractivity contribution in [1.29, 1.82) is 0 Å². The SMILES string of the molecule is CC(C)(C)CCOC1CC(=O)C12CCCCCC2. The number of ketones is 1. The summed E-state index contributed by atoms with van der Waals surface area (Å²) in [6.45, 7) is 7.53. The van der Waals surface area contributed by atoms with E-state index in [1.807, 2.05) is 0 Å². The molecule has 104 valence electrons. The Hall–Kier alpha value is -0.370. The second kappa shape index (κ2) is 5.32. The maximum atomic E-state index is 12.1. The van der Waals surface area contributed by atoms with E-state index in [0.29, 0.717) is 17.6 Å². The van der Waals surface area contributed by atoms with Crippen LogP contribution in [0.2, 0.25) is 0 Å². The van der Waals surface area contributed by atoms with Crippen LogP contribution in [0.1, 0.15) is 72.1 Å². The molecule has 1 spiro atoms. The van der Waals surface area contributed by atoms with Gasteiger partial charge in [-0.25, -0.2) is 0 Å². The Labute approximate surface area is 111 Å². The zero-order valence-corrected chi connectivity index (χ0v) is 12.3. The third kappa shape index (κ3) is 2.96. The highest BCUT2D eigenvalue weighted by Gasteiger charge is 2.54. The van der Waals surface area contributed by atoms with Gasteiger partial charge >= 0.3 is 0 Å². The summed E-state index contributed by atoms with van der Waals surface area (Å²) < 4.78 is 6.05. The first-order valence-corrected chi connectivity index (χ1v) is 7.59. The molecule has 2 aliphatic carbocycles. The zero-order valence-electron chi connectivity index (χ0n) is 12.3. The number of Topliss-reactive ketones (excluding diaryl/α,β-unsaturated/α-hetero) is 1. The largest absolute Gasteiger partial charge is 0.377 e. The Morgan fingerprint density at radius 3 is 2.28 bits per heavy atom. The third-order valence-corrected chi connectivity index (χ3v) is 4.71. The maximum Gasteiger partial charge on any atom is 0.144 e. The fourth-order valence-corrected chi connectivity index (χ4v) is 3.30. The second-order valence-electron chi connectivity index (χ2n) is 7.37. The average molecular weight is 252 g/mol. The van der Waals surface area contributed by atoms with Gasteiger partial charge in [0, 0.05) is 13.0 Å². The fraction of sp³-hybridized carbons (Fsp3) is 0.938. The van der Waals surface area contributed by atoms with Crippen LogP contribution in [0.3, 0.4) is 0 Å². The molecule has 18 heavy (non-hydrogen) atoms. The van der Waals surface area contributed by atoms with Crippen LogP contribution in [-0.4, -0.2) is 18.5 Å². The summed E-state index contributed by atoms with van der Waals surface area (Å²) in [5.41, 5.74) is 0.249. The minimum atomic E-state index is -0.0750. The second-order valence-corrected chi connectivity index (χ2v) is 7.37. The van der Waals surface area contributed by atoms with Crippen LogP contribution < -0.4 is 0 Å². The van der Waals surface area contributed by atoms with Gasteiger partial charge in [-0.05, 0) is 24.7 Å². The van der Waals surface area contributed by atoms with Gasteiger partial charge in [-0.2, -0.15) is 0 Å². The van der Waals surface area contributed by atoms with Gasteiger partial charge in [-0.1, -0.05) is 46.5 Å². The van der Waals surface area contributed by atoms with E-state index in [-0.39, 0.29) is 11.5 Å². The molecule has 0 aromatic heterocycles. The first kappa shape index (κ1) is 14.0. The molecule has 0 aromatic rings. The van der Waals surface area contributed by atoms with E-state index in [9.17, 15) is 4.79 Å². The predicted octanol–water partition coefficient (Wildman–Crippen LogP) is 4.12. The van der Waals surface area contributed by atoms with Crippen LogP contribution in [0.15, 0.2) is 0 Å². The smallest absolute Gasteiger partial charge is 0.144 e.